The molecule has 1 unspecified atom stereocenters. The Morgan fingerprint density at radius 2 is 2.11 bits per heavy atom. The van der Waals surface area contributed by atoms with Gasteiger partial charge in [0, 0.05) is 31.4 Å². The van der Waals surface area contributed by atoms with Crippen LogP contribution in [0.25, 0.3) is 0 Å². The summed E-state index contributed by atoms with van der Waals surface area (Å²) in [6.07, 6.45) is 3.61. The van der Waals surface area contributed by atoms with Gasteiger partial charge >= 0.3 is 0 Å². The predicted octanol–water partition coefficient (Wildman–Crippen LogP) is 1.79. The van der Waals surface area contributed by atoms with E-state index in [-0.39, 0.29) is 12.1 Å². The molecule has 184 valence electrons. The third kappa shape index (κ3) is 5.02. The fourth-order valence-corrected chi connectivity index (χ4v) is 4.31. The maximum absolute atomic E-state index is 13.3. The molecule has 11 heteroatoms. The minimum absolute atomic E-state index is 0.212. The van der Waals surface area contributed by atoms with Gasteiger partial charge in [-0.05, 0) is 30.7 Å². The molecule has 35 heavy (non-hydrogen) atoms. The van der Waals surface area contributed by atoms with Crippen LogP contribution in [-0.4, -0.2) is 91.8 Å². The summed E-state index contributed by atoms with van der Waals surface area (Å²) in [6.45, 7) is 4.73. The number of fused-ring (bicyclic) bond motifs is 3. The number of pyridine rings is 1. The average molecular weight is 483 g/mol. The van der Waals surface area contributed by atoms with Crippen molar-refractivity contribution in [1.29, 1.82) is 0 Å². The van der Waals surface area contributed by atoms with E-state index in [1.54, 1.807) is 13.4 Å². The van der Waals surface area contributed by atoms with Gasteiger partial charge < -0.3 is 24.4 Å². The Labute approximate surface area is 202 Å². The monoisotopic (exact) mass is 482 g/mol. The zero-order valence-electron chi connectivity index (χ0n) is 19.4. The molecular formula is C24H27FN6O4. The van der Waals surface area contributed by atoms with Gasteiger partial charge in [-0.25, -0.2) is 15.0 Å². The van der Waals surface area contributed by atoms with Gasteiger partial charge in [0.05, 0.1) is 45.4 Å². The number of amidine groups is 1. The van der Waals surface area contributed by atoms with Crippen molar-refractivity contribution in [3.05, 3.63) is 53.6 Å². The summed E-state index contributed by atoms with van der Waals surface area (Å²) in [6, 6.07) is 8.12. The van der Waals surface area contributed by atoms with Crippen LogP contribution in [0.3, 0.4) is 0 Å². The van der Waals surface area contributed by atoms with Gasteiger partial charge in [0.1, 0.15) is 17.3 Å². The van der Waals surface area contributed by atoms with Crippen LogP contribution in [0, 0.1) is 5.95 Å². The zero-order chi connectivity index (χ0) is 24.3. The third-order valence-electron chi connectivity index (χ3n) is 6.09. The van der Waals surface area contributed by atoms with E-state index in [2.05, 4.69) is 20.2 Å². The van der Waals surface area contributed by atoms with Crippen molar-refractivity contribution < 1.29 is 23.4 Å². The molecule has 1 aromatic carbocycles. The number of rotatable bonds is 8. The number of benzene rings is 1. The van der Waals surface area contributed by atoms with E-state index in [1.807, 2.05) is 23.1 Å². The van der Waals surface area contributed by atoms with Crippen molar-refractivity contribution in [3.8, 4) is 5.75 Å². The summed E-state index contributed by atoms with van der Waals surface area (Å²) in [5, 5.41) is 2.90. The van der Waals surface area contributed by atoms with Gasteiger partial charge in [0.25, 0.3) is 11.8 Å². The molecule has 1 aromatic heterocycles. The summed E-state index contributed by atoms with van der Waals surface area (Å²) < 4.78 is 30.4. The molecule has 0 spiro atoms. The molecule has 1 atom stereocenters. The highest BCUT2D eigenvalue weighted by Gasteiger charge is 2.44. The second kappa shape index (κ2) is 10.1. The largest absolute Gasteiger partial charge is 0.494 e. The number of nitrogens with one attached hydrogen (secondary N) is 1. The van der Waals surface area contributed by atoms with E-state index < -0.39 is 17.7 Å². The topological polar surface area (TPSA) is 101 Å². The lowest BCUT2D eigenvalue weighted by molar-refractivity contribution is -0.0580. The van der Waals surface area contributed by atoms with Crippen LogP contribution in [0.15, 0.2) is 46.5 Å². The van der Waals surface area contributed by atoms with Gasteiger partial charge in [-0.3, -0.25) is 9.69 Å². The lowest BCUT2D eigenvalue weighted by Gasteiger charge is -2.30. The summed E-state index contributed by atoms with van der Waals surface area (Å²) >= 11 is 0. The molecule has 0 saturated carbocycles. The Hall–Kier alpha value is -3.41. The maximum Gasteiger partial charge on any atom is 0.259 e. The number of carbonyl (C=O) groups excluding carboxylic acids is 1. The Morgan fingerprint density at radius 3 is 2.89 bits per heavy atom. The van der Waals surface area contributed by atoms with Gasteiger partial charge in [0.15, 0.2) is 0 Å². The molecular weight excluding hydrogens is 455 g/mol. The summed E-state index contributed by atoms with van der Waals surface area (Å²) in [4.78, 5) is 30.1. The highest BCUT2D eigenvalue weighted by Crippen LogP contribution is 2.37. The number of hydrogen-bond acceptors (Lipinski definition) is 9. The first kappa shape index (κ1) is 23.3. The molecule has 10 nitrogen and oxygen atoms in total. The number of para-hydroxylation sites is 1. The molecule has 3 aliphatic rings. The third-order valence-corrected chi connectivity index (χ3v) is 6.09. The number of halogens is 1. The Morgan fingerprint density at radius 1 is 1.26 bits per heavy atom. The first-order chi connectivity index (χ1) is 17.1. The quantitative estimate of drug-likeness (QED) is 0.348. The van der Waals surface area contributed by atoms with Crippen molar-refractivity contribution in [1.82, 2.24) is 20.1 Å². The molecule has 0 bridgehead atoms. The Balaban J connectivity index is 1.38. The van der Waals surface area contributed by atoms with Crippen molar-refractivity contribution in [2.75, 3.05) is 53.1 Å². The van der Waals surface area contributed by atoms with Crippen molar-refractivity contribution in [3.63, 3.8) is 0 Å². The molecule has 1 fully saturated rings. The van der Waals surface area contributed by atoms with Crippen LogP contribution in [0.2, 0.25) is 0 Å². The smallest absolute Gasteiger partial charge is 0.259 e. The minimum atomic E-state index is -1.34. The molecule has 4 heterocycles. The number of nitrogens with zero attached hydrogens (tertiary/aromatic N) is 5. The molecule has 1 N–H and O–H groups in total. The van der Waals surface area contributed by atoms with Crippen LogP contribution in [0.5, 0.6) is 5.75 Å². The van der Waals surface area contributed by atoms with Crippen LogP contribution in [-0.2, 0) is 9.47 Å². The number of carbonyl (C=O) groups is 1. The van der Waals surface area contributed by atoms with Crippen molar-refractivity contribution in [2.45, 2.75) is 12.3 Å². The summed E-state index contributed by atoms with van der Waals surface area (Å²) in [5.41, 5.74) is 1.66. The van der Waals surface area contributed by atoms with E-state index in [0.717, 1.165) is 50.9 Å². The highest BCUT2D eigenvalue weighted by atomic mass is 19.1. The first-order valence-corrected chi connectivity index (χ1v) is 11.5. The molecule has 5 rings (SSSR count). The minimum Gasteiger partial charge on any atom is -0.494 e. The maximum atomic E-state index is 13.3. The van der Waals surface area contributed by atoms with Crippen LogP contribution in [0.4, 0.5) is 10.1 Å². The summed E-state index contributed by atoms with van der Waals surface area (Å²) in [5.74, 6) is -1.21. The molecule has 0 radical (unpaired) electrons. The molecule has 2 aromatic rings. The zero-order valence-corrected chi connectivity index (χ0v) is 19.4. The molecule has 1 saturated heterocycles. The van der Waals surface area contributed by atoms with Crippen LogP contribution in [0.1, 0.15) is 22.3 Å². The standard InChI is InChI=1S/C24H27FN6O4/c1-33-19-5-2-4-18-21(19)27-16-31-15-24(28-22(18)31,29-23(32)17-6-7-20(25)26-14-17)35-11-3-8-30-9-12-34-13-10-30/h2,4-7,14,16H,3,8-13,15H2,1H3,(H,29,32). The van der Waals surface area contributed by atoms with Crippen molar-refractivity contribution in [2.24, 2.45) is 9.98 Å². The number of ether oxygens (including phenoxy) is 3. The molecule has 0 aliphatic carbocycles. The molecule has 1 amide bonds. The highest BCUT2D eigenvalue weighted by molar-refractivity contribution is 6.12. The lowest BCUT2D eigenvalue weighted by Crippen LogP contribution is -2.53. The van der Waals surface area contributed by atoms with Crippen LogP contribution < -0.4 is 10.1 Å². The Bertz CT molecular complexity index is 1140. The predicted molar refractivity (Wildman–Crippen MR) is 127 cm³/mol. The van der Waals surface area contributed by atoms with Gasteiger partial charge in [-0.15, -0.1) is 0 Å². The number of aromatic nitrogens is 1. The number of hydrogen-bond donors (Lipinski definition) is 1. The van der Waals surface area contributed by atoms with Crippen LogP contribution >= 0.6 is 0 Å². The van der Waals surface area contributed by atoms with E-state index in [0.29, 0.717) is 23.9 Å². The van der Waals surface area contributed by atoms with Gasteiger partial charge in [-0.1, -0.05) is 6.07 Å². The number of morpholine rings is 1. The van der Waals surface area contributed by atoms with E-state index in [4.69, 9.17) is 19.2 Å². The summed E-state index contributed by atoms with van der Waals surface area (Å²) in [7, 11) is 1.59. The number of methoxy groups -OCH3 is 1. The van der Waals surface area contributed by atoms with E-state index in [9.17, 15) is 9.18 Å². The second-order valence-electron chi connectivity index (χ2n) is 8.43. The van der Waals surface area contributed by atoms with E-state index in [1.165, 1.54) is 12.3 Å². The average Bonchev–Trinajstić information content (AvgIpc) is 3.26. The Kier molecular flexibility index (Phi) is 6.71. The normalized spacial score (nSPS) is 21.3. The second-order valence-corrected chi connectivity index (χ2v) is 8.43. The molecule has 3 aliphatic heterocycles. The van der Waals surface area contributed by atoms with E-state index >= 15 is 0 Å². The van der Waals surface area contributed by atoms with Crippen molar-refractivity contribution >= 4 is 23.8 Å². The van der Waals surface area contributed by atoms with Gasteiger partial charge in [-0.2, -0.15) is 4.39 Å². The lowest BCUT2D eigenvalue weighted by atomic mass is 10.1. The number of aliphatic imine (C=N–C) groups is 2. The number of amides is 1. The fourth-order valence-electron chi connectivity index (χ4n) is 4.31. The van der Waals surface area contributed by atoms with Gasteiger partial charge in [0.2, 0.25) is 5.95 Å². The SMILES string of the molecule is COc1cccc2c1N=CN1CC(NC(=O)c3ccc(F)nc3)(OCCCN3CCOCC3)N=C21. The first-order valence-electron chi connectivity index (χ1n) is 11.5. The fraction of sp³-hybridized carbons (Fsp3) is 0.417.